The first kappa shape index (κ1) is 20.4. The summed E-state index contributed by atoms with van der Waals surface area (Å²) >= 11 is 0. The van der Waals surface area contributed by atoms with E-state index in [4.69, 9.17) is 0 Å². The molecule has 2 atom stereocenters. The van der Waals surface area contributed by atoms with Gasteiger partial charge in [0.2, 0.25) is 5.91 Å². The number of carbonyl (C=O) groups excluding carboxylic acids is 3. The van der Waals surface area contributed by atoms with Crippen LogP contribution in [0.5, 0.6) is 0 Å². The van der Waals surface area contributed by atoms with E-state index in [1.165, 1.54) is 12.1 Å². The number of anilines is 2. The second kappa shape index (κ2) is 8.81. The molecule has 2 aromatic rings. The third-order valence-corrected chi connectivity index (χ3v) is 5.01. The number of hydrogen-bond donors (Lipinski definition) is 2. The largest absolute Gasteiger partial charge is 0.550 e. The molecule has 1 aliphatic rings. The Bertz CT molecular complexity index is 948. The van der Waals surface area contributed by atoms with Crippen molar-refractivity contribution < 1.29 is 28.3 Å². The predicted molar refractivity (Wildman–Crippen MR) is 99.8 cm³/mol. The molecule has 8 heteroatoms. The van der Waals surface area contributed by atoms with Crippen molar-refractivity contribution >= 4 is 29.2 Å². The smallest absolute Gasteiger partial charge is 0.257 e. The van der Waals surface area contributed by atoms with E-state index in [1.54, 1.807) is 12.1 Å². The zero-order valence-corrected chi connectivity index (χ0v) is 15.4. The predicted octanol–water partition coefficient (Wildman–Crippen LogP) is 2.71. The molecule has 6 nitrogen and oxygen atoms in total. The van der Waals surface area contributed by atoms with Crippen LogP contribution in [0.2, 0.25) is 0 Å². The van der Waals surface area contributed by atoms with Gasteiger partial charge in [-0.3, -0.25) is 9.59 Å². The average Bonchev–Trinajstić information content (AvgIpc) is 2.70. The van der Waals surface area contributed by atoms with Crippen LogP contribution in [0.1, 0.15) is 36.0 Å². The van der Waals surface area contributed by atoms with Gasteiger partial charge in [0.15, 0.2) is 0 Å². The van der Waals surface area contributed by atoms with E-state index < -0.39 is 41.3 Å². The highest BCUT2D eigenvalue weighted by Crippen LogP contribution is 2.31. The van der Waals surface area contributed by atoms with Gasteiger partial charge in [0.1, 0.15) is 11.6 Å². The fourth-order valence-electron chi connectivity index (χ4n) is 3.52. The minimum atomic E-state index is -1.26. The Morgan fingerprint density at radius 2 is 1.59 bits per heavy atom. The van der Waals surface area contributed by atoms with Gasteiger partial charge >= 0.3 is 0 Å². The van der Waals surface area contributed by atoms with E-state index >= 15 is 0 Å². The van der Waals surface area contributed by atoms with Crippen molar-refractivity contribution in [1.29, 1.82) is 0 Å². The Morgan fingerprint density at radius 1 is 0.897 bits per heavy atom. The Hall–Kier alpha value is -3.29. The molecule has 152 valence electrons. The highest BCUT2D eigenvalue weighted by molar-refractivity contribution is 6.10. The molecule has 0 radical (unpaired) electrons. The summed E-state index contributed by atoms with van der Waals surface area (Å²) in [4.78, 5) is 36.6. The Kier molecular flexibility index (Phi) is 6.21. The zero-order valence-electron chi connectivity index (χ0n) is 15.4. The van der Waals surface area contributed by atoms with E-state index in [0.717, 1.165) is 18.6 Å². The van der Waals surface area contributed by atoms with Crippen LogP contribution in [-0.4, -0.2) is 17.8 Å². The second-order valence-electron chi connectivity index (χ2n) is 6.93. The van der Waals surface area contributed by atoms with Crippen LogP contribution in [0.15, 0.2) is 42.5 Å². The number of para-hydroxylation sites is 1. The minimum Gasteiger partial charge on any atom is -0.550 e. The first-order chi connectivity index (χ1) is 13.9. The molecule has 0 aromatic heterocycles. The Balaban J connectivity index is 1.78. The van der Waals surface area contributed by atoms with Crippen LogP contribution in [0.3, 0.4) is 0 Å². The van der Waals surface area contributed by atoms with Gasteiger partial charge in [-0.25, -0.2) is 8.78 Å². The molecule has 0 spiro atoms. The van der Waals surface area contributed by atoms with Crippen LogP contribution < -0.4 is 15.7 Å². The number of benzene rings is 2. The first-order valence-electron chi connectivity index (χ1n) is 9.24. The number of nitrogens with one attached hydrogen (secondary N) is 2. The number of carboxylic acid groups (broad SMARTS) is 1. The van der Waals surface area contributed by atoms with Crippen LogP contribution in [0.4, 0.5) is 20.2 Å². The molecule has 1 fully saturated rings. The van der Waals surface area contributed by atoms with E-state index in [-0.39, 0.29) is 16.9 Å². The van der Waals surface area contributed by atoms with Gasteiger partial charge in [0.25, 0.3) is 5.91 Å². The molecule has 29 heavy (non-hydrogen) atoms. The van der Waals surface area contributed by atoms with Gasteiger partial charge in [0, 0.05) is 23.9 Å². The van der Waals surface area contributed by atoms with Crippen molar-refractivity contribution in [2.24, 2.45) is 11.8 Å². The summed E-state index contributed by atoms with van der Waals surface area (Å²) in [5.74, 6) is -5.80. The number of aliphatic carboxylic acids is 1. The summed E-state index contributed by atoms with van der Waals surface area (Å²) in [5.41, 5.74) is 0.0207. The fraction of sp³-hybridized carbons (Fsp3) is 0.286. The van der Waals surface area contributed by atoms with Crippen molar-refractivity contribution in [3.8, 4) is 0 Å². The maximum Gasteiger partial charge on any atom is 0.257 e. The number of hydrogen-bond acceptors (Lipinski definition) is 4. The maximum atomic E-state index is 13.8. The van der Waals surface area contributed by atoms with Crippen molar-refractivity contribution in [2.45, 2.75) is 25.7 Å². The molecule has 0 heterocycles. The molecule has 2 unspecified atom stereocenters. The number of rotatable bonds is 5. The Labute approximate surface area is 165 Å². The summed E-state index contributed by atoms with van der Waals surface area (Å²) < 4.78 is 26.8. The van der Waals surface area contributed by atoms with Gasteiger partial charge in [-0.05, 0) is 37.1 Å². The molecule has 1 saturated carbocycles. The van der Waals surface area contributed by atoms with Crippen LogP contribution in [-0.2, 0) is 9.59 Å². The summed E-state index contributed by atoms with van der Waals surface area (Å²) in [6.45, 7) is 0. The maximum absolute atomic E-state index is 13.8. The SMILES string of the molecule is O=C(Nc1ccc(F)cc1F)c1ccccc1NC(=O)C1CCCCC1C(=O)[O-]. The topological polar surface area (TPSA) is 98.3 Å². The molecule has 0 aliphatic heterocycles. The lowest BCUT2D eigenvalue weighted by atomic mass is 9.78. The monoisotopic (exact) mass is 401 g/mol. The first-order valence-corrected chi connectivity index (χ1v) is 9.24. The standard InChI is InChI=1S/C21H20F2N2O4/c22-12-9-10-18(16(23)11-12)25-20(27)15-7-3-4-8-17(15)24-19(26)13-5-1-2-6-14(13)21(28)29/h3-4,7-11,13-14H,1-2,5-6H2,(H,24,26)(H,25,27)(H,28,29)/p-1. The van der Waals surface area contributed by atoms with Crippen LogP contribution in [0.25, 0.3) is 0 Å². The van der Waals surface area contributed by atoms with Crippen LogP contribution >= 0.6 is 0 Å². The van der Waals surface area contributed by atoms with E-state index in [9.17, 15) is 28.3 Å². The summed E-state index contributed by atoms with van der Waals surface area (Å²) in [5, 5.41) is 16.3. The molecular weight excluding hydrogens is 382 g/mol. The van der Waals surface area contributed by atoms with E-state index in [1.807, 2.05) is 0 Å². The summed E-state index contributed by atoms with van der Waals surface area (Å²) in [7, 11) is 0. The molecule has 0 saturated heterocycles. The molecule has 2 aromatic carbocycles. The van der Waals surface area contributed by atoms with E-state index in [2.05, 4.69) is 10.6 Å². The number of amides is 2. The van der Waals surface area contributed by atoms with E-state index in [0.29, 0.717) is 25.3 Å². The van der Waals surface area contributed by atoms with Crippen molar-refractivity contribution in [3.05, 3.63) is 59.7 Å². The van der Waals surface area contributed by atoms with Crippen molar-refractivity contribution in [1.82, 2.24) is 0 Å². The third kappa shape index (κ3) is 4.77. The fourth-order valence-corrected chi connectivity index (χ4v) is 3.52. The van der Waals surface area contributed by atoms with Gasteiger partial charge in [-0.2, -0.15) is 0 Å². The zero-order chi connectivity index (χ0) is 21.0. The number of carbonyl (C=O) groups is 3. The van der Waals surface area contributed by atoms with Gasteiger partial charge in [-0.1, -0.05) is 25.0 Å². The number of halogens is 2. The van der Waals surface area contributed by atoms with Crippen molar-refractivity contribution in [3.63, 3.8) is 0 Å². The lowest BCUT2D eigenvalue weighted by molar-refractivity contribution is -0.313. The number of carboxylic acids is 1. The Morgan fingerprint density at radius 3 is 2.28 bits per heavy atom. The lowest BCUT2D eigenvalue weighted by Gasteiger charge is -2.31. The molecule has 2 N–H and O–H groups in total. The molecular formula is C21H19F2N2O4-. The minimum absolute atomic E-state index is 0.0605. The van der Waals surface area contributed by atoms with Crippen molar-refractivity contribution in [2.75, 3.05) is 10.6 Å². The highest BCUT2D eigenvalue weighted by Gasteiger charge is 2.32. The molecule has 0 bridgehead atoms. The summed E-state index contributed by atoms with van der Waals surface area (Å²) in [6, 6.07) is 8.84. The highest BCUT2D eigenvalue weighted by atomic mass is 19.1. The lowest BCUT2D eigenvalue weighted by Crippen LogP contribution is -2.42. The van der Waals surface area contributed by atoms with Gasteiger partial charge < -0.3 is 20.5 Å². The summed E-state index contributed by atoms with van der Waals surface area (Å²) in [6.07, 6.45) is 2.23. The molecule has 3 rings (SSSR count). The second-order valence-corrected chi connectivity index (χ2v) is 6.93. The van der Waals surface area contributed by atoms with Gasteiger partial charge in [-0.15, -0.1) is 0 Å². The molecule has 2 amide bonds. The van der Waals surface area contributed by atoms with Crippen LogP contribution in [0, 0.1) is 23.5 Å². The third-order valence-electron chi connectivity index (χ3n) is 5.01. The molecule has 1 aliphatic carbocycles. The normalized spacial score (nSPS) is 18.7. The van der Waals surface area contributed by atoms with Gasteiger partial charge in [0.05, 0.1) is 16.9 Å². The quantitative estimate of drug-likeness (QED) is 0.805. The average molecular weight is 401 g/mol.